The Bertz CT molecular complexity index is 182. The Labute approximate surface area is 76.7 Å². The smallest absolute Gasteiger partial charge is 0.0142 e. The molecule has 0 radical (unpaired) electrons. The molecule has 0 heterocycles. The summed E-state index contributed by atoms with van der Waals surface area (Å²) < 4.78 is 0. The fourth-order valence-corrected chi connectivity index (χ4v) is 1.05. The van der Waals surface area contributed by atoms with Crippen LogP contribution >= 0.6 is 0 Å². The van der Waals surface area contributed by atoms with Gasteiger partial charge in [0.05, 0.1) is 0 Å². The molecule has 0 nitrogen and oxygen atoms in total. The highest BCUT2D eigenvalue weighted by Gasteiger charge is 1.94. The summed E-state index contributed by atoms with van der Waals surface area (Å²) in [6.07, 6.45) is 9.75. The average molecular weight is 164 g/mol. The van der Waals surface area contributed by atoms with E-state index in [1.54, 1.807) is 0 Å². The first-order valence-electron chi connectivity index (χ1n) is 4.61. The number of allylic oxidation sites excluding steroid dienone is 5. The van der Waals surface area contributed by atoms with Crippen LogP contribution in [0.4, 0.5) is 0 Å². The predicted molar refractivity (Wildman–Crippen MR) is 57.2 cm³/mol. The molecule has 0 aliphatic carbocycles. The third-order valence-corrected chi connectivity index (χ3v) is 2.15. The van der Waals surface area contributed by atoms with Crippen LogP contribution in [0.1, 0.15) is 40.0 Å². The molecule has 0 saturated carbocycles. The van der Waals surface area contributed by atoms with Crippen molar-refractivity contribution in [3.05, 3.63) is 36.0 Å². The third kappa shape index (κ3) is 4.95. The molecule has 0 atom stereocenters. The van der Waals surface area contributed by atoms with Crippen molar-refractivity contribution in [3.8, 4) is 0 Å². The summed E-state index contributed by atoms with van der Waals surface area (Å²) in [4.78, 5) is 0. The van der Waals surface area contributed by atoms with E-state index < -0.39 is 0 Å². The van der Waals surface area contributed by atoms with Crippen LogP contribution in [0.25, 0.3) is 0 Å². The third-order valence-electron chi connectivity index (χ3n) is 2.15. The molecule has 0 amide bonds. The Morgan fingerprint density at radius 1 is 1.17 bits per heavy atom. The largest absolute Gasteiger partial charge is 0.103 e. The van der Waals surface area contributed by atoms with E-state index in [1.165, 1.54) is 24.0 Å². The van der Waals surface area contributed by atoms with Crippen molar-refractivity contribution in [1.29, 1.82) is 0 Å². The lowest BCUT2D eigenvalue weighted by atomic mass is 10.0. The molecule has 12 heavy (non-hydrogen) atoms. The number of rotatable bonds is 5. The van der Waals surface area contributed by atoms with E-state index in [4.69, 9.17) is 0 Å². The fourth-order valence-electron chi connectivity index (χ4n) is 1.05. The molecule has 0 fully saturated rings. The van der Waals surface area contributed by atoms with Gasteiger partial charge in [0.1, 0.15) is 0 Å². The Hall–Kier alpha value is -0.780. The van der Waals surface area contributed by atoms with Crippen molar-refractivity contribution < 1.29 is 0 Å². The van der Waals surface area contributed by atoms with Gasteiger partial charge >= 0.3 is 0 Å². The quantitative estimate of drug-likeness (QED) is 0.533. The Balaban J connectivity index is 3.81. The van der Waals surface area contributed by atoms with Crippen molar-refractivity contribution in [1.82, 2.24) is 0 Å². The molecule has 0 aromatic carbocycles. The van der Waals surface area contributed by atoms with Crippen LogP contribution in [-0.2, 0) is 0 Å². The molecule has 0 bridgehead atoms. The second-order valence-corrected chi connectivity index (χ2v) is 3.07. The second kappa shape index (κ2) is 6.90. The van der Waals surface area contributed by atoms with E-state index in [0.29, 0.717) is 0 Å². The normalized spacial score (nSPS) is 13.2. The molecule has 0 aliphatic rings. The second-order valence-electron chi connectivity index (χ2n) is 3.07. The van der Waals surface area contributed by atoms with E-state index in [1.807, 2.05) is 6.08 Å². The molecule has 0 heteroatoms. The van der Waals surface area contributed by atoms with Crippen LogP contribution in [0.5, 0.6) is 0 Å². The summed E-state index contributed by atoms with van der Waals surface area (Å²) in [5, 5.41) is 0. The monoisotopic (exact) mass is 164 g/mol. The predicted octanol–water partition coefficient (Wildman–Crippen LogP) is 4.26. The van der Waals surface area contributed by atoms with Gasteiger partial charge < -0.3 is 0 Å². The van der Waals surface area contributed by atoms with Gasteiger partial charge in [-0.2, -0.15) is 0 Å². The van der Waals surface area contributed by atoms with Crippen LogP contribution < -0.4 is 0 Å². The maximum atomic E-state index is 3.74. The standard InChI is InChI=1S/C12H20/c1-5-8-12(7-3)10-9-11(4)6-2/h5-7H,1,8-10H2,2-4H3/b11-6-,12-7-. The lowest BCUT2D eigenvalue weighted by Crippen LogP contribution is -1.83. The molecule has 68 valence electrons. The van der Waals surface area contributed by atoms with E-state index in [2.05, 4.69) is 39.5 Å². The van der Waals surface area contributed by atoms with E-state index in [9.17, 15) is 0 Å². The van der Waals surface area contributed by atoms with Crippen molar-refractivity contribution in [3.63, 3.8) is 0 Å². The van der Waals surface area contributed by atoms with Gasteiger partial charge in [0, 0.05) is 0 Å². The molecule has 0 spiro atoms. The molecule has 0 aromatic heterocycles. The van der Waals surface area contributed by atoms with Crippen molar-refractivity contribution in [2.45, 2.75) is 40.0 Å². The van der Waals surface area contributed by atoms with Crippen LogP contribution in [0.2, 0.25) is 0 Å². The number of hydrogen-bond donors (Lipinski definition) is 0. The van der Waals surface area contributed by atoms with Gasteiger partial charge in [0.2, 0.25) is 0 Å². The molecule has 0 saturated heterocycles. The highest BCUT2D eigenvalue weighted by atomic mass is 14.0. The summed E-state index contributed by atoms with van der Waals surface area (Å²) in [6, 6.07) is 0. The zero-order valence-electron chi connectivity index (χ0n) is 8.56. The maximum absolute atomic E-state index is 3.74. The molecule has 0 N–H and O–H groups in total. The molecule has 0 aliphatic heterocycles. The van der Waals surface area contributed by atoms with Crippen LogP contribution in [0.3, 0.4) is 0 Å². The lowest BCUT2D eigenvalue weighted by molar-refractivity contribution is 0.893. The van der Waals surface area contributed by atoms with E-state index in [-0.39, 0.29) is 0 Å². The minimum absolute atomic E-state index is 1.04. The first kappa shape index (κ1) is 11.2. The van der Waals surface area contributed by atoms with Crippen molar-refractivity contribution >= 4 is 0 Å². The Morgan fingerprint density at radius 3 is 2.25 bits per heavy atom. The Kier molecular flexibility index (Phi) is 6.45. The van der Waals surface area contributed by atoms with Gasteiger partial charge in [-0.25, -0.2) is 0 Å². The molecule has 0 aromatic rings. The summed E-state index contributed by atoms with van der Waals surface area (Å²) in [5.74, 6) is 0. The number of hydrogen-bond acceptors (Lipinski definition) is 0. The zero-order chi connectivity index (χ0) is 9.40. The molecule has 0 rings (SSSR count). The van der Waals surface area contributed by atoms with E-state index >= 15 is 0 Å². The van der Waals surface area contributed by atoms with Crippen LogP contribution in [0.15, 0.2) is 36.0 Å². The van der Waals surface area contributed by atoms with E-state index in [0.717, 1.165) is 6.42 Å². The molecular formula is C12H20. The van der Waals surface area contributed by atoms with Gasteiger partial charge in [-0.15, -0.1) is 6.58 Å². The highest BCUT2D eigenvalue weighted by molar-refractivity contribution is 5.08. The van der Waals surface area contributed by atoms with Crippen LogP contribution in [0, 0.1) is 0 Å². The first-order valence-corrected chi connectivity index (χ1v) is 4.61. The summed E-state index contributed by atoms with van der Waals surface area (Å²) in [7, 11) is 0. The minimum Gasteiger partial charge on any atom is -0.103 e. The SMILES string of the molecule is C=CC/C(=C/C)CC/C(C)=C\C. The zero-order valence-corrected chi connectivity index (χ0v) is 8.56. The topological polar surface area (TPSA) is 0 Å². The fraction of sp³-hybridized carbons (Fsp3) is 0.500. The maximum Gasteiger partial charge on any atom is -0.0142 e. The van der Waals surface area contributed by atoms with Crippen LogP contribution in [-0.4, -0.2) is 0 Å². The molecule has 0 unspecified atom stereocenters. The van der Waals surface area contributed by atoms with Gasteiger partial charge in [-0.3, -0.25) is 0 Å². The summed E-state index contributed by atoms with van der Waals surface area (Å²) >= 11 is 0. The van der Waals surface area contributed by atoms with Gasteiger partial charge in [-0.05, 0) is 40.0 Å². The van der Waals surface area contributed by atoms with Crippen molar-refractivity contribution in [2.24, 2.45) is 0 Å². The Morgan fingerprint density at radius 2 is 1.83 bits per heavy atom. The highest BCUT2D eigenvalue weighted by Crippen LogP contribution is 2.14. The summed E-state index contributed by atoms with van der Waals surface area (Å²) in [5.41, 5.74) is 2.96. The molecular weight excluding hydrogens is 144 g/mol. The minimum atomic E-state index is 1.04. The lowest BCUT2D eigenvalue weighted by Gasteiger charge is -2.03. The van der Waals surface area contributed by atoms with Gasteiger partial charge in [0.15, 0.2) is 0 Å². The van der Waals surface area contributed by atoms with Gasteiger partial charge in [-0.1, -0.05) is 29.4 Å². The van der Waals surface area contributed by atoms with Crippen molar-refractivity contribution in [2.75, 3.05) is 0 Å². The average Bonchev–Trinajstić information content (AvgIpc) is 2.11. The first-order chi connectivity index (χ1) is 5.74. The summed E-state index contributed by atoms with van der Waals surface area (Å²) in [6.45, 7) is 10.1. The van der Waals surface area contributed by atoms with Gasteiger partial charge in [0.25, 0.3) is 0 Å².